The molecule has 2 amide bonds. The Morgan fingerprint density at radius 1 is 1.12 bits per heavy atom. The summed E-state index contributed by atoms with van der Waals surface area (Å²) in [5.41, 5.74) is 3.58. The van der Waals surface area contributed by atoms with Gasteiger partial charge in [0.05, 0.1) is 28.0 Å². The van der Waals surface area contributed by atoms with E-state index in [0.717, 1.165) is 55.5 Å². The molecular weight excluding hydrogens is 532 g/mol. The summed E-state index contributed by atoms with van der Waals surface area (Å²) >= 11 is 0. The van der Waals surface area contributed by atoms with Crippen LogP contribution in [0.5, 0.6) is 0 Å². The topological polar surface area (TPSA) is 129 Å². The fourth-order valence-corrected chi connectivity index (χ4v) is 5.74. The smallest absolute Gasteiger partial charge is 0.410 e. The highest BCUT2D eigenvalue weighted by molar-refractivity contribution is 6.13. The van der Waals surface area contributed by atoms with E-state index in [1.807, 2.05) is 44.9 Å². The van der Waals surface area contributed by atoms with Crippen LogP contribution in [0.1, 0.15) is 68.1 Å². The van der Waals surface area contributed by atoms with Crippen molar-refractivity contribution in [2.45, 2.75) is 71.1 Å². The van der Waals surface area contributed by atoms with E-state index in [1.54, 1.807) is 28.9 Å². The molecule has 2 fully saturated rings. The van der Waals surface area contributed by atoms with E-state index in [9.17, 15) is 14.9 Å². The van der Waals surface area contributed by atoms with Crippen LogP contribution in [-0.4, -0.2) is 67.0 Å². The highest BCUT2D eigenvalue weighted by atomic mass is 16.6. The van der Waals surface area contributed by atoms with Gasteiger partial charge in [-0.15, -0.1) is 0 Å². The van der Waals surface area contributed by atoms with Gasteiger partial charge in [0.1, 0.15) is 18.0 Å². The first-order chi connectivity index (χ1) is 20.1. The van der Waals surface area contributed by atoms with E-state index in [1.165, 1.54) is 6.33 Å². The largest absolute Gasteiger partial charge is 0.444 e. The highest BCUT2D eigenvalue weighted by Crippen LogP contribution is 2.36. The number of rotatable bonds is 5. The quantitative estimate of drug-likeness (QED) is 0.354. The molecule has 1 aliphatic heterocycles. The van der Waals surface area contributed by atoms with Crippen molar-refractivity contribution in [3.05, 3.63) is 59.9 Å². The molecule has 3 aromatic heterocycles. The average molecular weight is 567 g/mol. The lowest BCUT2D eigenvalue weighted by Crippen LogP contribution is -2.50. The van der Waals surface area contributed by atoms with Gasteiger partial charge in [-0.05, 0) is 71.6 Å². The van der Waals surface area contributed by atoms with Gasteiger partial charge in [-0.25, -0.2) is 19.7 Å². The number of imidazole rings is 1. The molecule has 42 heavy (non-hydrogen) atoms. The van der Waals surface area contributed by atoms with Crippen molar-refractivity contribution < 1.29 is 14.3 Å². The zero-order valence-electron chi connectivity index (χ0n) is 24.3. The summed E-state index contributed by atoms with van der Waals surface area (Å²) < 4.78 is 7.48. The summed E-state index contributed by atoms with van der Waals surface area (Å²) in [4.78, 5) is 43.9. The molecular formula is C31H34N8O3. The zero-order chi connectivity index (χ0) is 29.6. The monoisotopic (exact) mass is 566 g/mol. The Bertz CT molecular complexity index is 1720. The van der Waals surface area contributed by atoms with E-state index in [4.69, 9.17) is 4.74 Å². The molecule has 4 aromatic rings. The van der Waals surface area contributed by atoms with E-state index >= 15 is 0 Å². The zero-order valence-corrected chi connectivity index (χ0v) is 24.3. The third kappa shape index (κ3) is 5.44. The molecule has 0 atom stereocenters. The lowest BCUT2D eigenvalue weighted by molar-refractivity contribution is 0.0114. The predicted molar refractivity (Wildman–Crippen MR) is 158 cm³/mol. The first kappa shape index (κ1) is 27.4. The number of carbonyl (C=O) groups excluding carboxylic acids is 2. The Kier molecular flexibility index (Phi) is 6.93. The minimum atomic E-state index is -0.527. The average Bonchev–Trinajstić information content (AvgIpc) is 3.71. The molecule has 11 nitrogen and oxygen atoms in total. The molecule has 1 saturated heterocycles. The Balaban J connectivity index is 1.21. The summed E-state index contributed by atoms with van der Waals surface area (Å²) in [5, 5.41) is 13.3. The number of aromatic nitrogens is 4. The van der Waals surface area contributed by atoms with Crippen molar-refractivity contribution in [3.63, 3.8) is 0 Å². The summed E-state index contributed by atoms with van der Waals surface area (Å²) in [6.07, 6.45) is 10.2. The fourth-order valence-electron chi connectivity index (χ4n) is 5.74. The second-order valence-electron chi connectivity index (χ2n) is 12.1. The summed E-state index contributed by atoms with van der Waals surface area (Å²) in [6, 6.07) is 7.91. The molecule has 6 rings (SSSR count). The van der Waals surface area contributed by atoms with Crippen LogP contribution >= 0.6 is 0 Å². The second kappa shape index (κ2) is 10.6. The van der Waals surface area contributed by atoms with Gasteiger partial charge < -0.3 is 24.3 Å². The van der Waals surface area contributed by atoms with Gasteiger partial charge in [0.25, 0.3) is 5.91 Å². The maximum atomic E-state index is 13.5. The van der Waals surface area contributed by atoms with Crippen molar-refractivity contribution in [1.82, 2.24) is 24.3 Å². The number of anilines is 2. The number of nitrogens with one attached hydrogen (secondary N) is 1. The number of amides is 2. The van der Waals surface area contributed by atoms with Crippen LogP contribution in [0.4, 0.5) is 16.2 Å². The van der Waals surface area contributed by atoms with Crippen molar-refractivity contribution in [2.75, 3.05) is 23.3 Å². The first-order valence-corrected chi connectivity index (χ1v) is 14.3. The molecule has 0 bridgehead atoms. The number of piperidine rings is 1. The van der Waals surface area contributed by atoms with Crippen molar-refractivity contribution in [2.24, 2.45) is 0 Å². The number of ether oxygens (including phenoxy) is 1. The Labute approximate surface area is 244 Å². The molecule has 2 aliphatic rings. The van der Waals surface area contributed by atoms with E-state index in [-0.39, 0.29) is 24.1 Å². The minimum absolute atomic E-state index is 0.131. The van der Waals surface area contributed by atoms with Gasteiger partial charge in [0.2, 0.25) is 0 Å². The van der Waals surface area contributed by atoms with Crippen molar-refractivity contribution in [3.8, 4) is 6.07 Å². The Morgan fingerprint density at radius 3 is 2.55 bits per heavy atom. The number of fused-ring (bicyclic) bond motifs is 2. The number of hydrogen-bond donors (Lipinski definition) is 1. The molecule has 0 spiro atoms. The number of hydrogen-bond acceptors (Lipinski definition) is 8. The molecule has 1 aliphatic carbocycles. The SMILES string of the molecule is Cc1cn2cc(NC(=O)c3ccc(N4CCC(N(C(=O)OC(C)(C)C)C5CC5)CC4)c4cncnc34)cc(C#N)c2n1. The summed E-state index contributed by atoms with van der Waals surface area (Å²) in [5.74, 6) is -0.332. The van der Waals surface area contributed by atoms with Gasteiger partial charge in [-0.3, -0.25) is 4.79 Å². The maximum Gasteiger partial charge on any atom is 0.410 e. The normalized spacial score (nSPS) is 15.9. The lowest BCUT2D eigenvalue weighted by atomic mass is 10.0. The molecule has 1 saturated carbocycles. The van der Waals surface area contributed by atoms with Crippen LogP contribution in [-0.2, 0) is 4.74 Å². The molecule has 0 unspecified atom stereocenters. The van der Waals surface area contributed by atoms with Crippen LogP contribution in [0, 0.1) is 18.3 Å². The van der Waals surface area contributed by atoms with E-state index < -0.39 is 5.60 Å². The first-order valence-electron chi connectivity index (χ1n) is 14.3. The number of nitriles is 1. The van der Waals surface area contributed by atoms with Gasteiger partial charge in [-0.1, -0.05) is 0 Å². The predicted octanol–water partition coefficient (Wildman–Crippen LogP) is 5.08. The molecule has 216 valence electrons. The van der Waals surface area contributed by atoms with E-state index in [0.29, 0.717) is 28.0 Å². The van der Waals surface area contributed by atoms with Crippen LogP contribution in [0.25, 0.3) is 16.6 Å². The van der Waals surface area contributed by atoms with Crippen LogP contribution in [0.2, 0.25) is 0 Å². The second-order valence-corrected chi connectivity index (χ2v) is 12.1. The van der Waals surface area contributed by atoms with Crippen molar-refractivity contribution >= 4 is 39.9 Å². The fraction of sp³-hybridized carbons (Fsp3) is 0.419. The van der Waals surface area contributed by atoms with Crippen LogP contribution < -0.4 is 10.2 Å². The van der Waals surface area contributed by atoms with Gasteiger partial charge in [-0.2, -0.15) is 5.26 Å². The summed E-state index contributed by atoms with van der Waals surface area (Å²) in [6.45, 7) is 9.07. The third-order valence-electron chi connectivity index (χ3n) is 7.69. The molecule has 4 heterocycles. The molecule has 1 aromatic carbocycles. The lowest BCUT2D eigenvalue weighted by Gasteiger charge is -2.40. The number of nitrogens with zero attached hydrogens (tertiary/aromatic N) is 7. The van der Waals surface area contributed by atoms with Gasteiger partial charge >= 0.3 is 6.09 Å². The molecule has 11 heteroatoms. The third-order valence-corrected chi connectivity index (χ3v) is 7.69. The van der Waals surface area contributed by atoms with E-state index in [2.05, 4.69) is 31.2 Å². The standard InChI is InChI=1S/C31H34N8O3/c1-19-16-38-17-21(13-20(14-32)28(38)35-19)36-29(40)24-7-8-26(25-15-33-18-34-27(24)25)37-11-9-23(10-12-37)39(22-5-6-22)30(41)42-31(2,3)4/h7-8,13,15-18,22-23H,5-6,9-12H2,1-4H3,(H,36,40). The molecule has 0 radical (unpaired) electrons. The highest BCUT2D eigenvalue weighted by Gasteiger charge is 2.40. The van der Waals surface area contributed by atoms with Crippen LogP contribution in [0.3, 0.4) is 0 Å². The van der Waals surface area contributed by atoms with Crippen molar-refractivity contribution in [1.29, 1.82) is 5.26 Å². The Hall–Kier alpha value is -4.72. The number of pyridine rings is 1. The Morgan fingerprint density at radius 2 is 1.86 bits per heavy atom. The molecule has 1 N–H and O–H groups in total. The van der Waals surface area contributed by atoms with Gasteiger partial charge in [0.15, 0.2) is 5.65 Å². The number of aryl methyl sites for hydroxylation is 1. The van der Waals surface area contributed by atoms with Gasteiger partial charge in [0, 0.05) is 54.8 Å². The minimum Gasteiger partial charge on any atom is -0.444 e. The number of benzene rings is 1. The maximum absolute atomic E-state index is 13.5. The van der Waals surface area contributed by atoms with Crippen LogP contribution in [0.15, 0.2) is 43.1 Å². The number of carbonyl (C=O) groups is 2. The summed E-state index contributed by atoms with van der Waals surface area (Å²) in [7, 11) is 0.